The summed E-state index contributed by atoms with van der Waals surface area (Å²) in [5.41, 5.74) is 2.98. The van der Waals surface area contributed by atoms with Crippen LogP contribution in [0, 0.1) is 19.8 Å². The molecule has 2 heterocycles. The van der Waals surface area contributed by atoms with Crippen molar-refractivity contribution >= 4 is 21.9 Å². The number of ether oxygens (including phenoxy) is 1. The molecule has 0 bridgehead atoms. The molecule has 8 heteroatoms. The van der Waals surface area contributed by atoms with E-state index in [1.54, 1.807) is 44.2 Å². The first-order valence-corrected chi connectivity index (χ1v) is 13.8. The number of carbonyl (C=O) groups excluding carboxylic acids is 2. The van der Waals surface area contributed by atoms with Gasteiger partial charge in [0, 0.05) is 31.7 Å². The van der Waals surface area contributed by atoms with Gasteiger partial charge in [0.15, 0.2) is 0 Å². The highest BCUT2D eigenvalue weighted by Crippen LogP contribution is 2.28. The Hall–Kier alpha value is -2.71. The predicted molar refractivity (Wildman–Crippen MR) is 134 cm³/mol. The van der Waals surface area contributed by atoms with Gasteiger partial charge in [0.2, 0.25) is 10.0 Å². The second-order valence-corrected chi connectivity index (χ2v) is 11.7. The van der Waals surface area contributed by atoms with Crippen molar-refractivity contribution in [2.45, 2.75) is 58.0 Å². The van der Waals surface area contributed by atoms with E-state index in [0.717, 1.165) is 49.9 Å². The molecule has 4 rings (SSSR count). The van der Waals surface area contributed by atoms with Crippen molar-refractivity contribution in [3.8, 4) is 0 Å². The van der Waals surface area contributed by atoms with Crippen molar-refractivity contribution in [1.82, 2.24) is 9.21 Å². The SMILES string of the molecule is Cc1cc(C(=O)OCc2ccc(C(=O)N3CCCC3)cc2)cc(S(=O)(=O)N2CCC(C)CC2)c1C. The summed E-state index contributed by atoms with van der Waals surface area (Å²) in [6.07, 6.45) is 3.75. The molecule has 0 atom stereocenters. The maximum absolute atomic E-state index is 13.3. The molecule has 7 nitrogen and oxygen atoms in total. The number of esters is 1. The molecule has 2 aromatic rings. The van der Waals surface area contributed by atoms with Crippen molar-refractivity contribution in [3.63, 3.8) is 0 Å². The molecule has 35 heavy (non-hydrogen) atoms. The lowest BCUT2D eigenvalue weighted by Crippen LogP contribution is -2.38. The topological polar surface area (TPSA) is 84.0 Å². The van der Waals surface area contributed by atoms with Gasteiger partial charge in [-0.25, -0.2) is 13.2 Å². The summed E-state index contributed by atoms with van der Waals surface area (Å²) < 4.78 is 33.7. The first kappa shape index (κ1) is 25.4. The monoisotopic (exact) mass is 498 g/mol. The summed E-state index contributed by atoms with van der Waals surface area (Å²) in [5, 5.41) is 0. The summed E-state index contributed by atoms with van der Waals surface area (Å²) in [5.74, 6) is -0.0369. The van der Waals surface area contributed by atoms with Crippen LogP contribution in [-0.2, 0) is 21.4 Å². The molecule has 0 spiro atoms. The number of likely N-dealkylation sites (tertiary alicyclic amines) is 1. The van der Waals surface area contributed by atoms with Gasteiger partial charge in [-0.1, -0.05) is 19.1 Å². The largest absolute Gasteiger partial charge is 0.457 e. The van der Waals surface area contributed by atoms with E-state index in [2.05, 4.69) is 6.92 Å². The highest BCUT2D eigenvalue weighted by Gasteiger charge is 2.30. The van der Waals surface area contributed by atoms with Crippen LogP contribution in [0.1, 0.15) is 70.0 Å². The zero-order valence-electron chi connectivity index (χ0n) is 20.7. The predicted octanol–water partition coefficient (Wildman–Crippen LogP) is 4.32. The molecule has 2 saturated heterocycles. The number of hydrogen-bond acceptors (Lipinski definition) is 5. The third kappa shape index (κ3) is 5.59. The van der Waals surface area contributed by atoms with Gasteiger partial charge in [0.05, 0.1) is 10.5 Å². The molecule has 2 fully saturated rings. The molecule has 0 aliphatic carbocycles. The van der Waals surface area contributed by atoms with Gasteiger partial charge in [0.25, 0.3) is 5.91 Å². The number of carbonyl (C=O) groups is 2. The molecule has 0 radical (unpaired) electrons. The lowest BCUT2D eigenvalue weighted by atomic mass is 10.0. The maximum Gasteiger partial charge on any atom is 0.338 e. The minimum Gasteiger partial charge on any atom is -0.457 e. The Kier molecular flexibility index (Phi) is 7.62. The van der Waals surface area contributed by atoms with Crippen LogP contribution >= 0.6 is 0 Å². The number of amides is 1. The molecule has 0 N–H and O–H groups in total. The maximum atomic E-state index is 13.3. The number of hydrogen-bond donors (Lipinski definition) is 0. The van der Waals surface area contributed by atoms with Crippen LogP contribution in [0.2, 0.25) is 0 Å². The Morgan fingerprint density at radius 1 is 0.943 bits per heavy atom. The van der Waals surface area contributed by atoms with Crippen molar-refractivity contribution in [3.05, 3.63) is 64.2 Å². The van der Waals surface area contributed by atoms with E-state index in [0.29, 0.717) is 30.1 Å². The van der Waals surface area contributed by atoms with E-state index >= 15 is 0 Å². The number of rotatable bonds is 6. The van der Waals surface area contributed by atoms with E-state index in [1.165, 1.54) is 10.4 Å². The Balaban J connectivity index is 1.45. The molecule has 0 unspecified atom stereocenters. The van der Waals surface area contributed by atoms with Crippen molar-refractivity contribution in [2.75, 3.05) is 26.2 Å². The molecule has 1 amide bonds. The van der Waals surface area contributed by atoms with Crippen LogP contribution in [0.5, 0.6) is 0 Å². The minimum atomic E-state index is -3.69. The van der Waals surface area contributed by atoms with Crippen molar-refractivity contribution in [2.24, 2.45) is 5.92 Å². The van der Waals surface area contributed by atoms with Crippen LogP contribution in [-0.4, -0.2) is 55.7 Å². The summed E-state index contributed by atoms with van der Waals surface area (Å²) in [7, 11) is -3.69. The Labute approximate surface area is 208 Å². The van der Waals surface area contributed by atoms with E-state index in [-0.39, 0.29) is 23.0 Å². The Bertz CT molecular complexity index is 1190. The van der Waals surface area contributed by atoms with Crippen molar-refractivity contribution < 1.29 is 22.7 Å². The summed E-state index contributed by atoms with van der Waals surface area (Å²) >= 11 is 0. The number of sulfonamides is 1. The van der Waals surface area contributed by atoms with Crippen LogP contribution in [0.3, 0.4) is 0 Å². The third-order valence-electron chi connectivity index (χ3n) is 7.18. The number of piperidine rings is 1. The average molecular weight is 499 g/mol. The van der Waals surface area contributed by atoms with E-state index in [9.17, 15) is 18.0 Å². The molecule has 2 aliphatic heterocycles. The summed E-state index contributed by atoms with van der Waals surface area (Å²) in [6.45, 7) is 8.32. The second-order valence-electron chi connectivity index (χ2n) is 9.78. The second kappa shape index (κ2) is 10.5. The van der Waals surface area contributed by atoms with Crippen LogP contribution in [0.25, 0.3) is 0 Å². The minimum absolute atomic E-state index is 0.0260. The average Bonchev–Trinajstić information content (AvgIpc) is 3.39. The fourth-order valence-electron chi connectivity index (χ4n) is 4.66. The molecule has 188 valence electrons. The van der Waals surface area contributed by atoms with Gasteiger partial charge >= 0.3 is 5.97 Å². The molecule has 2 aliphatic rings. The third-order valence-corrected chi connectivity index (χ3v) is 9.20. The molecule has 0 saturated carbocycles. The lowest BCUT2D eigenvalue weighted by Gasteiger charge is -2.30. The van der Waals surface area contributed by atoms with Gasteiger partial charge in [0.1, 0.15) is 6.61 Å². The van der Waals surface area contributed by atoms with Crippen molar-refractivity contribution in [1.29, 1.82) is 0 Å². The summed E-state index contributed by atoms with van der Waals surface area (Å²) in [4.78, 5) is 27.4. The smallest absolute Gasteiger partial charge is 0.338 e. The van der Waals surface area contributed by atoms with Crippen LogP contribution < -0.4 is 0 Å². The quantitative estimate of drug-likeness (QED) is 0.554. The molecule has 2 aromatic carbocycles. The Morgan fingerprint density at radius 3 is 2.20 bits per heavy atom. The highest BCUT2D eigenvalue weighted by molar-refractivity contribution is 7.89. The fraction of sp³-hybridized carbons (Fsp3) is 0.481. The van der Waals surface area contributed by atoms with E-state index < -0.39 is 16.0 Å². The lowest BCUT2D eigenvalue weighted by molar-refractivity contribution is 0.0472. The normalized spacial score (nSPS) is 17.5. The zero-order valence-corrected chi connectivity index (χ0v) is 21.6. The highest BCUT2D eigenvalue weighted by atomic mass is 32.2. The van der Waals surface area contributed by atoms with Gasteiger partial charge in [-0.15, -0.1) is 0 Å². The van der Waals surface area contributed by atoms with E-state index in [1.807, 2.05) is 4.90 Å². The zero-order chi connectivity index (χ0) is 25.2. The van der Waals surface area contributed by atoms with Gasteiger partial charge < -0.3 is 9.64 Å². The number of nitrogens with zero attached hydrogens (tertiary/aromatic N) is 2. The summed E-state index contributed by atoms with van der Waals surface area (Å²) in [6, 6.07) is 10.2. The number of aryl methyl sites for hydroxylation is 1. The van der Waals surface area contributed by atoms with Crippen LogP contribution in [0.15, 0.2) is 41.3 Å². The fourth-order valence-corrected chi connectivity index (χ4v) is 6.45. The Morgan fingerprint density at radius 2 is 1.57 bits per heavy atom. The standard InChI is InChI=1S/C27H34N2O5S/c1-19-10-14-29(15-11-19)35(32,33)25-17-24(16-20(2)21(25)3)27(31)34-18-22-6-8-23(9-7-22)26(30)28-12-4-5-13-28/h6-9,16-17,19H,4-5,10-15,18H2,1-3H3. The number of benzene rings is 2. The molecule has 0 aromatic heterocycles. The molecular formula is C27H34N2O5S. The van der Waals surface area contributed by atoms with E-state index in [4.69, 9.17) is 4.74 Å². The first-order valence-electron chi connectivity index (χ1n) is 12.3. The van der Waals surface area contributed by atoms with Crippen LogP contribution in [0.4, 0.5) is 0 Å². The van der Waals surface area contributed by atoms with Gasteiger partial charge in [-0.3, -0.25) is 4.79 Å². The molecular weight excluding hydrogens is 464 g/mol. The first-order chi connectivity index (χ1) is 16.7. The van der Waals surface area contributed by atoms with Gasteiger partial charge in [-0.05, 0) is 86.4 Å². The van der Waals surface area contributed by atoms with Gasteiger partial charge in [-0.2, -0.15) is 4.31 Å².